The molecule has 8 heavy (non-hydrogen) atoms. The first-order valence-corrected chi connectivity index (χ1v) is 2.44. The van der Waals surface area contributed by atoms with E-state index in [1.54, 1.807) is 0 Å². The standard InChI is InChI=1S/C4H7N3O/c5-1-3-4(8)2-6-7-3/h3H,1-2,5H2. The van der Waals surface area contributed by atoms with Crippen LogP contribution in [0.5, 0.6) is 0 Å². The Morgan fingerprint density at radius 1 is 1.88 bits per heavy atom. The Hall–Kier alpha value is -0.770. The van der Waals surface area contributed by atoms with Crippen LogP contribution in [0.2, 0.25) is 0 Å². The van der Waals surface area contributed by atoms with Gasteiger partial charge in [-0.3, -0.25) is 4.79 Å². The van der Waals surface area contributed by atoms with Crippen LogP contribution in [0.15, 0.2) is 10.2 Å². The van der Waals surface area contributed by atoms with Gasteiger partial charge in [0.1, 0.15) is 12.6 Å². The first-order valence-electron chi connectivity index (χ1n) is 2.44. The largest absolute Gasteiger partial charge is 0.328 e. The van der Waals surface area contributed by atoms with E-state index in [1.807, 2.05) is 0 Å². The van der Waals surface area contributed by atoms with Gasteiger partial charge in [-0.15, -0.1) is 0 Å². The van der Waals surface area contributed by atoms with Gasteiger partial charge in [0, 0.05) is 6.54 Å². The molecule has 0 aromatic carbocycles. The monoisotopic (exact) mass is 113 g/mol. The van der Waals surface area contributed by atoms with E-state index in [4.69, 9.17) is 5.73 Å². The van der Waals surface area contributed by atoms with Crippen molar-refractivity contribution < 1.29 is 4.79 Å². The molecule has 0 aliphatic carbocycles. The summed E-state index contributed by atoms with van der Waals surface area (Å²) < 4.78 is 0. The van der Waals surface area contributed by atoms with Gasteiger partial charge in [-0.05, 0) is 0 Å². The molecule has 0 aromatic heterocycles. The third-order valence-electron chi connectivity index (χ3n) is 1.04. The highest BCUT2D eigenvalue weighted by Crippen LogP contribution is 2.00. The van der Waals surface area contributed by atoms with E-state index < -0.39 is 0 Å². The van der Waals surface area contributed by atoms with E-state index in [9.17, 15) is 4.79 Å². The molecule has 1 aliphatic rings. The highest BCUT2D eigenvalue weighted by molar-refractivity contribution is 5.87. The number of nitrogens with zero attached hydrogens (tertiary/aromatic N) is 2. The van der Waals surface area contributed by atoms with Gasteiger partial charge in [-0.2, -0.15) is 10.2 Å². The van der Waals surface area contributed by atoms with E-state index in [-0.39, 0.29) is 18.4 Å². The van der Waals surface area contributed by atoms with Crippen molar-refractivity contribution in [3.63, 3.8) is 0 Å². The number of carbonyl (C=O) groups is 1. The van der Waals surface area contributed by atoms with Crippen molar-refractivity contribution in [2.45, 2.75) is 6.04 Å². The van der Waals surface area contributed by atoms with Crippen molar-refractivity contribution in [1.82, 2.24) is 0 Å². The molecule has 1 heterocycles. The summed E-state index contributed by atoms with van der Waals surface area (Å²) in [5.41, 5.74) is 5.15. The summed E-state index contributed by atoms with van der Waals surface area (Å²) in [7, 11) is 0. The minimum Gasteiger partial charge on any atom is -0.328 e. The summed E-state index contributed by atoms with van der Waals surface area (Å²) in [5.74, 6) is 0.0347. The molecule has 0 bridgehead atoms. The SMILES string of the molecule is NCC1N=NCC1=O. The summed E-state index contributed by atoms with van der Waals surface area (Å²) in [6.07, 6.45) is 0. The molecule has 1 aliphatic heterocycles. The molecule has 4 nitrogen and oxygen atoms in total. The molecule has 4 heteroatoms. The molecule has 0 spiro atoms. The summed E-state index contributed by atoms with van der Waals surface area (Å²) >= 11 is 0. The highest BCUT2D eigenvalue weighted by atomic mass is 16.1. The van der Waals surface area contributed by atoms with Crippen LogP contribution in [0.1, 0.15) is 0 Å². The van der Waals surface area contributed by atoms with Gasteiger partial charge in [0.15, 0.2) is 5.78 Å². The Morgan fingerprint density at radius 2 is 2.62 bits per heavy atom. The van der Waals surface area contributed by atoms with Crippen molar-refractivity contribution >= 4 is 5.78 Å². The molecule has 0 radical (unpaired) electrons. The summed E-state index contributed by atoms with van der Waals surface area (Å²) in [4.78, 5) is 10.5. The molecule has 1 rings (SSSR count). The van der Waals surface area contributed by atoms with E-state index in [2.05, 4.69) is 10.2 Å². The lowest BCUT2D eigenvalue weighted by molar-refractivity contribution is -0.117. The minimum absolute atomic E-state index is 0.0347. The van der Waals surface area contributed by atoms with Crippen LogP contribution in [0.3, 0.4) is 0 Å². The molecule has 1 unspecified atom stereocenters. The average molecular weight is 113 g/mol. The van der Waals surface area contributed by atoms with Crippen molar-refractivity contribution in [2.75, 3.05) is 13.1 Å². The van der Waals surface area contributed by atoms with Crippen molar-refractivity contribution in [3.8, 4) is 0 Å². The minimum atomic E-state index is -0.338. The van der Waals surface area contributed by atoms with Gasteiger partial charge in [-0.25, -0.2) is 0 Å². The maximum atomic E-state index is 10.5. The van der Waals surface area contributed by atoms with Gasteiger partial charge in [0.25, 0.3) is 0 Å². The lowest BCUT2D eigenvalue weighted by Crippen LogP contribution is -2.24. The van der Waals surface area contributed by atoms with Crippen LogP contribution in [0.25, 0.3) is 0 Å². The second-order valence-electron chi connectivity index (χ2n) is 1.63. The molecule has 1 atom stereocenters. The lowest BCUT2D eigenvalue weighted by atomic mass is 10.2. The predicted octanol–water partition coefficient (Wildman–Crippen LogP) is -0.651. The zero-order valence-corrected chi connectivity index (χ0v) is 4.37. The number of hydrogen-bond donors (Lipinski definition) is 1. The van der Waals surface area contributed by atoms with Crippen LogP contribution in [0, 0.1) is 0 Å². The number of Topliss-reactive ketones (excluding diaryl/α,β-unsaturated/α-hetero) is 1. The fraction of sp³-hybridized carbons (Fsp3) is 0.750. The molecule has 0 fully saturated rings. The number of rotatable bonds is 1. The van der Waals surface area contributed by atoms with E-state index in [1.165, 1.54) is 0 Å². The highest BCUT2D eigenvalue weighted by Gasteiger charge is 2.19. The summed E-state index contributed by atoms with van der Waals surface area (Å²) in [5, 5.41) is 7.10. The van der Waals surface area contributed by atoms with Crippen molar-refractivity contribution in [1.29, 1.82) is 0 Å². The van der Waals surface area contributed by atoms with Crippen molar-refractivity contribution in [3.05, 3.63) is 0 Å². The van der Waals surface area contributed by atoms with Gasteiger partial charge in [0.2, 0.25) is 0 Å². The van der Waals surface area contributed by atoms with E-state index >= 15 is 0 Å². The number of carbonyl (C=O) groups excluding carboxylic acids is 1. The van der Waals surface area contributed by atoms with Crippen LogP contribution >= 0.6 is 0 Å². The van der Waals surface area contributed by atoms with Crippen molar-refractivity contribution in [2.24, 2.45) is 16.0 Å². The summed E-state index contributed by atoms with van der Waals surface area (Å²) in [6, 6.07) is -0.338. The smallest absolute Gasteiger partial charge is 0.183 e. The Balaban J connectivity index is 2.53. The normalized spacial score (nSPS) is 27.1. The second-order valence-corrected chi connectivity index (χ2v) is 1.63. The Labute approximate surface area is 46.8 Å². The third-order valence-corrected chi connectivity index (χ3v) is 1.04. The fourth-order valence-corrected chi connectivity index (χ4v) is 0.557. The first-order chi connectivity index (χ1) is 3.84. The molecule has 0 saturated carbocycles. The average Bonchev–Trinajstić information content (AvgIpc) is 2.14. The Kier molecular flexibility index (Phi) is 1.34. The molecule has 2 N–H and O–H groups in total. The first kappa shape index (κ1) is 5.37. The lowest BCUT2D eigenvalue weighted by Gasteiger charge is -1.93. The number of ketones is 1. The van der Waals surface area contributed by atoms with Crippen LogP contribution in [0.4, 0.5) is 0 Å². The van der Waals surface area contributed by atoms with E-state index in [0.29, 0.717) is 6.54 Å². The predicted molar refractivity (Wildman–Crippen MR) is 27.6 cm³/mol. The number of nitrogens with two attached hydrogens (primary N) is 1. The summed E-state index contributed by atoms with van der Waals surface area (Å²) in [6.45, 7) is 0.518. The van der Waals surface area contributed by atoms with Gasteiger partial charge in [0.05, 0.1) is 0 Å². The molecule has 0 amide bonds. The number of azo groups is 1. The zero-order chi connectivity index (χ0) is 5.98. The maximum absolute atomic E-state index is 10.5. The van der Waals surface area contributed by atoms with Crippen LogP contribution in [-0.2, 0) is 4.79 Å². The third kappa shape index (κ3) is 0.742. The molecule has 0 aromatic rings. The Bertz CT molecular complexity index is 131. The topological polar surface area (TPSA) is 67.8 Å². The molecule has 44 valence electrons. The van der Waals surface area contributed by atoms with E-state index in [0.717, 1.165) is 0 Å². The molecular weight excluding hydrogens is 106 g/mol. The van der Waals surface area contributed by atoms with Crippen LogP contribution in [-0.4, -0.2) is 24.9 Å². The number of hydrogen-bond acceptors (Lipinski definition) is 4. The quantitative estimate of drug-likeness (QED) is 0.491. The fourth-order valence-electron chi connectivity index (χ4n) is 0.557. The molecule has 0 saturated heterocycles. The van der Waals surface area contributed by atoms with Gasteiger partial charge in [-0.1, -0.05) is 0 Å². The van der Waals surface area contributed by atoms with Gasteiger partial charge < -0.3 is 5.73 Å². The zero-order valence-electron chi connectivity index (χ0n) is 4.37. The van der Waals surface area contributed by atoms with Gasteiger partial charge >= 0.3 is 0 Å². The molecular formula is C4H7N3O. The maximum Gasteiger partial charge on any atom is 0.183 e. The Morgan fingerprint density at radius 3 is 2.88 bits per heavy atom. The second kappa shape index (κ2) is 2.00. The van der Waals surface area contributed by atoms with Crippen LogP contribution < -0.4 is 5.73 Å².